The van der Waals surface area contributed by atoms with Gasteiger partial charge in [-0.2, -0.15) is 0 Å². The molecule has 50 heavy (non-hydrogen) atoms. The van der Waals surface area contributed by atoms with Crippen LogP contribution < -0.4 is 0 Å². The fraction of sp³-hybridized carbons (Fsp3) is 0.818. The lowest BCUT2D eigenvalue weighted by Gasteiger charge is -2.58. The molecule has 6 saturated carbocycles. The van der Waals surface area contributed by atoms with Crippen LogP contribution in [0.3, 0.4) is 0 Å². The third-order valence-corrected chi connectivity index (χ3v) is 17.8. The summed E-state index contributed by atoms with van der Waals surface area (Å²) >= 11 is 0. The molecule has 0 aromatic carbocycles. The van der Waals surface area contributed by atoms with Gasteiger partial charge in [0, 0.05) is 24.7 Å². The molecule has 0 aromatic rings. The normalized spacial score (nSPS) is 49.0. The fourth-order valence-electron chi connectivity index (χ4n) is 15.2. The van der Waals surface area contributed by atoms with E-state index in [-0.39, 0.29) is 45.7 Å². The molecule has 0 saturated heterocycles. The molecule has 8 aliphatic rings. The van der Waals surface area contributed by atoms with E-state index in [1.807, 2.05) is 0 Å². The van der Waals surface area contributed by atoms with Gasteiger partial charge in [0.1, 0.15) is 23.8 Å². The highest BCUT2D eigenvalue weighted by molar-refractivity contribution is 6.29. The molecule has 6 heteroatoms. The van der Waals surface area contributed by atoms with Gasteiger partial charge in [0.15, 0.2) is 0 Å². The molecule has 8 aliphatic carbocycles. The number of ketones is 2. The van der Waals surface area contributed by atoms with Gasteiger partial charge in [0.05, 0.1) is 0 Å². The summed E-state index contributed by atoms with van der Waals surface area (Å²) in [6.07, 6.45) is 20.4. The van der Waals surface area contributed by atoms with Gasteiger partial charge in [0.2, 0.25) is 0 Å². The van der Waals surface area contributed by atoms with Crippen molar-refractivity contribution in [2.24, 2.45) is 69.0 Å². The second kappa shape index (κ2) is 12.2. The van der Waals surface area contributed by atoms with E-state index in [0.29, 0.717) is 59.9 Å². The fourth-order valence-corrected chi connectivity index (χ4v) is 15.2. The molecular weight excluding hydrogens is 624 g/mol. The zero-order chi connectivity index (χ0) is 35.4. The van der Waals surface area contributed by atoms with E-state index in [2.05, 4.69) is 39.8 Å². The molecule has 0 amide bonds. The van der Waals surface area contributed by atoms with Gasteiger partial charge in [-0.3, -0.25) is 9.59 Å². The van der Waals surface area contributed by atoms with Crippen LogP contribution in [0, 0.1) is 69.0 Å². The Balaban J connectivity index is 0.870. The van der Waals surface area contributed by atoms with Crippen molar-refractivity contribution in [1.82, 2.24) is 0 Å². The minimum absolute atomic E-state index is 0.104. The van der Waals surface area contributed by atoms with Crippen LogP contribution in [0.25, 0.3) is 0 Å². The average Bonchev–Trinajstić information content (AvgIpc) is 3.62. The standard InChI is InChI=1S/C44H62O6/c1-25(45)33-11-13-35-31-9-7-27-23-29(15-19-41(27,3)37(31)17-21-43(33,35)5)49-39(47)40(48)50-30-16-20-42(4)28(24-30)8-10-32-36-14-12-34(26(2)46)44(36,6)22-18-38(32)42/h7-8,29-38H,9-24H2,1-6H3. The van der Waals surface area contributed by atoms with Crippen LogP contribution in [0.5, 0.6) is 0 Å². The van der Waals surface area contributed by atoms with Crippen molar-refractivity contribution in [2.45, 2.75) is 156 Å². The smallest absolute Gasteiger partial charge is 0.417 e. The average molecular weight is 687 g/mol. The second-order valence-corrected chi connectivity index (χ2v) is 19.6. The minimum Gasteiger partial charge on any atom is -0.454 e. The van der Waals surface area contributed by atoms with Gasteiger partial charge in [-0.05, 0) is 161 Å². The maximum Gasteiger partial charge on any atom is 0.417 e. The van der Waals surface area contributed by atoms with E-state index in [1.54, 1.807) is 13.8 Å². The van der Waals surface area contributed by atoms with E-state index in [9.17, 15) is 19.2 Å². The summed E-state index contributed by atoms with van der Waals surface area (Å²) in [5.74, 6) is 3.24. The Kier molecular flexibility index (Phi) is 8.46. The van der Waals surface area contributed by atoms with Crippen molar-refractivity contribution in [3.05, 3.63) is 23.3 Å². The molecule has 14 unspecified atom stereocenters. The largest absolute Gasteiger partial charge is 0.454 e. The molecule has 0 aliphatic heterocycles. The topological polar surface area (TPSA) is 86.7 Å². The Hall–Kier alpha value is -2.24. The molecule has 14 atom stereocenters. The van der Waals surface area contributed by atoms with E-state index in [0.717, 1.165) is 64.2 Å². The summed E-state index contributed by atoms with van der Waals surface area (Å²) in [6.45, 7) is 13.2. The SMILES string of the molecule is CC(=O)C1CCC2C3CC=C4CC(OC(=O)C(=O)OC5CCC6(C)C(=CCC7C6CCC6(C)C(C(C)=O)CCC76)C5)CCC4(C)C3CCC12C. The summed E-state index contributed by atoms with van der Waals surface area (Å²) in [5, 5.41) is 0. The molecule has 0 bridgehead atoms. The minimum atomic E-state index is -0.832. The number of esters is 2. The third kappa shape index (κ3) is 5.12. The van der Waals surface area contributed by atoms with E-state index < -0.39 is 11.9 Å². The summed E-state index contributed by atoms with van der Waals surface area (Å²) in [7, 11) is 0. The number of fused-ring (bicyclic) bond motifs is 10. The summed E-state index contributed by atoms with van der Waals surface area (Å²) in [4.78, 5) is 51.4. The second-order valence-electron chi connectivity index (χ2n) is 19.6. The number of Topliss-reactive ketones (excluding diaryl/α,β-unsaturated/α-hetero) is 2. The molecule has 6 nitrogen and oxygen atoms in total. The monoisotopic (exact) mass is 686 g/mol. The van der Waals surface area contributed by atoms with Gasteiger partial charge >= 0.3 is 11.9 Å². The van der Waals surface area contributed by atoms with Gasteiger partial charge in [0.25, 0.3) is 0 Å². The maximum absolute atomic E-state index is 13.2. The number of carbonyl (C=O) groups excluding carboxylic acids is 4. The Morgan fingerprint density at radius 3 is 1.32 bits per heavy atom. The molecule has 0 spiro atoms. The number of hydrogen-bond acceptors (Lipinski definition) is 6. The first kappa shape index (κ1) is 34.8. The van der Waals surface area contributed by atoms with Gasteiger partial charge in [-0.1, -0.05) is 51.0 Å². The van der Waals surface area contributed by atoms with Crippen LogP contribution in [0.15, 0.2) is 23.3 Å². The predicted octanol–water partition coefficient (Wildman–Crippen LogP) is 9.15. The van der Waals surface area contributed by atoms with E-state index in [1.165, 1.54) is 36.8 Å². The molecule has 274 valence electrons. The molecular formula is C44H62O6. The highest BCUT2D eigenvalue weighted by Gasteiger charge is 2.61. The highest BCUT2D eigenvalue weighted by atomic mass is 16.6. The highest BCUT2D eigenvalue weighted by Crippen LogP contribution is 2.68. The number of hydrogen-bond donors (Lipinski definition) is 0. The first-order valence-corrected chi connectivity index (χ1v) is 20.5. The number of ether oxygens (including phenoxy) is 2. The third-order valence-electron chi connectivity index (χ3n) is 17.8. The molecule has 8 rings (SSSR count). The van der Waals surface area contributed by atoms with Crippen molar-refractivity contribution in [1.29, 1.82) is 0 Å². The van der Waals surface area contributed by atoms with Crippen molar-refractivity contribution in [3.63, 3.8) is 0 Å². The summed E-state index contributed by atoms with van der Waals surface area (Å²) in [5.41, 5.74) is 3.31. The van der Waals surface area contributed by atoms with Crippen LogP contribution in [-0.2, 0) is 28.7 Å². The van der Waals surface area contributed by atoms with Crippen LogP contribution in [0.2, 0.25) is 0 Å². The molecule has 0 radical (unpaired) electrons. The molecule has 0 heterocycles. The Morgan fingerprint density at radius 2 is 0.940 bits per heavy atom. The van der Waals surface area contributed by atoms with Gasteiger partial charge < -0.3 is 9.47 Å². The van der Waals surface area contributed by atoms with Crippen molar-refractivity contribution < 1.29 is 28.7 Å². The zero-order valence-electron chi connectivity index (χ0n) is 31.7. The van der Waals surface area contributed by atoms with Crippen LogP contribution in [0.1, 0.15) is 144 Å². The summed E-state index contributed by atoms with van der Waals surface area (Å²) < 4.78 is 11.8. The van der Waals surface area contributed by atoms with Gasteiger partial charge in [-0.15, -0.1) is 0 Å². The lowest BCUT2D eigenvalue weighted by molar-refractivity contribution is -0.176. The van der Waals surface area contributed by atoms with Crippen LogP contribution >= 0.6 is 0 Å². The molecule has 0 aromatic heterocycles. The maximum atomic E-state index is 13.2. The van der Waals surface area contributed by atoms with Gasteiger partial charge in [-0.25, -0.2) is 9.59 Å². The Morgan fingerprint density at radius 1 is 0.540 bits per heavy atom. The molecule has 0 N–H and O–H groups in total. The first-order chi connectivity index (χ1) is 23.7. The Bertz CT molecular complexity index is 1410. The van der Waals surface area contributed by atoms with Crippen LogP contribution in [-0.4, -0.2) is 35.7 Å². The first-order valence-electron chi connectivity index (χ1n) is 20.5. The van der Waals surface area contributed by atoms with Crippen molar-refractivity contribution in [2.75, 3.05) is 0 Å². The zero-order valence-corrected chi connectivity index (χ0v) is 31.7. The number of allylic oxidation sites excluding steroid dienone is 2. The molecule has 6 fully saturated rings. The number of rotatable bonds is 4. The quantitative estimate of drug-likeness (QED) is 0.167. The van der Waals surface area contributed by atoms with Crippen molar-refractivity contribution in [3.8, 4) is 0 Å². The summed E-state index contributed by atoms with van der Waals surface area (Å²) in [6, 6.07) is 0. The van der Waals surface area contributed by atoms with Crippen molar-refractivity contribution >= 4 is 23.5 Å². The predicted molar refractivity (Wildman–Crippen MR) is 192 cm³/mol. The van der Waals surface area contributed by atoms with E-state index in [4.69, 9.17) is 9.47 Å². The lowest BCUT2D eigenvalue weighted by Crippen LogP contribution is -2.51. The van der Waals surface area contributed by atoms with E-state index >= 15 is 0 Å². The van der Waals surface area contributed by atoms with Crippen LogP contribution in [0.4, 0.5) is 0 Å². The number of carbonyl (C=O) groups is 4. The lowest BCUT2D eigenvalue weighted by atomic mass is 9.47. The Labute approximate surface area is 300 Å².